The van der Waals surface area contributed by atoms with Gasteiger partial charge in [-0.2, -0.15) is 0 Å². The van der Waals surface area contributed by atoms with E-state index in [2.05, 4.69) is 20.9 Å². The Balaban J connectivity index is 3.01. The number of hydrogen-bond donors (Lipinski definition) is 0. The van der Waals surface area contributed by atoms with E-state index in [-0.39, 0.29) is 5.82 Å². The largest absolute Gasteiger partial charge is 0.252 e. The highest BCUT2D eigenvalue weighted by Crippen LogP contribution is 2.32. The van der Waals surface area contributed by atoms with Crippen molar-refractivity contribution < 1.29 is 4.39 Å². The smallest absolute Gasteiger partial charge is 0.149 e. The first-order chi connectivity index (χ1) is 6.61. The highest BCUT2D eigenvalue weighted by Gasteiger charge is 2.10. The molecule has 72 valence electrons. The van der Waals surface area contributed by atoms with Gasteiger partial charge in [-0.15, -0.1) is 0 Å². The fourth-order valence-electron chi connectivity index (χ4n) is 1.37. The molecule has 14 heavy (non-hydrogen) atoms. The molecule has 0 aliphatic rings. The number of aryl methyl sites for hydroxylation is 1. The minimum Gasteiger partial charge on any atom is -0.252 e. The van der Waals surface area contributed by atoms with Crippen molar-refractivity contribution >= 4 is 38.4 Å². The molecule has 0 bridgehead atoms. The predicted molar refractivity (Wildman–Crippen MR) is 59.1 cm³/mol. The average molecular weight is 275 g/mol. The summed E-state index contributed by atoms with van der Waals surface area (Å²) in [5, 5.41) is 1.23. The lowest BCUT2D eigenvalue weighted by Crippen LogP contribution is -1.89. The zero-order valence-electron chi connectivity index (χ0n) is 7.31. The molecule has 1 aromatic heterocycles. The number of aromatic nitrogens is 1. The van der Waals surface area contributed by atoms with Crippen molar-refractivity contribution in [1.29, 1.82) is 0 Å². The SMILES string of the molecule is Cc1ccc(F)c2ncc(Cl)c(Br)c12. The van der Waals surface area contributed by atoms with E-state index >= 15 is 0 Å². The van der Waals surface area contributed by atoms with Gasteiger partial charge in [0.05, 0.1) is 5.02 Å². The average Bonchev–Trinajstić information content (AvgIpc) is 2.16. The van der Waals surface area contributed by atoms with Crippen molar-refractivity contribution in [2.45, 2.75) is 6.92 Å². The molecule has 4 heteroatoms. The molecule has 0 unspecified atom stereocenters. The standard InChI is InChI=1S/C10H6BrClFN/c1-5-2-3-7(13)10-8(5)9(11)6(12)4-14-10/h2-4H,1H3. The maximum atomic E-state index is 13.4. The molecule has 0 saturated heterocycles. The van der Waals surface area contributed by atoms with Crippen LogP contribution >= 0.6 is 27.5 Å². The monoisotopic (exact) mass is 273 g/mol. The van der Waals surface area contributed by atoms with E-state index in [0.717, 1.165) is 10.9 Å². The molecule has 0 N–H and O–H groups in total. The van der Waals surface area contributed by atoms with Crippen molar-refractivity contribution in [2.75, 3.05) is 0 Å². The Hall–Kier alpha value is -0.670. The number of hydrogen-bond acceptors (Lipinski definition) is 1. The van der Waals surface area contributed by atoms with Crippen LogP contribution in [-0.4, -0.2) is 4.98 Å². The van der Waals surface area contributed by atoms with Crippen LogP contribution in [0.5, 0.6) is 0 Å². The summed E-state index contributed by atoms with van der Waals surface area (Å²) in [6.07, 6.45) is 1.44. The van der Waals surface area contributed by atoms with Crippen LogP contribution in [0.2, 0.25) is 5.02 Å². The Labute approximate surface area is 94.0 Å². The molecule has 2 rings (SSSR count). The van der Waals surface area contributed by atoms with Crippen molar-refractivity contribution in [3.63, 3.8) is 0 Å². The van der Waals surface area contributed by atoms with Crippen molar-refractivity contribution in [2.24, 2.45) is 0 Å². The van der Waals surface area contributed by atoms with Gasteiger partial charge in [0.2, 0.25) is 0 Å². The molecule has 0 amide bonds. The van der Waals surface area contributed by atoms with E-state index < -0.39 is 0 Å². The third-order valence-corrected chi connectivity index (χ3v) is 3.41. The maximum Gasteiger partial charge on any atom is 0.149 e. The zero-order chi connectivity index (χ0) is 10.3. The van der Waals surface area contributed by atoms with Crippen LogP contribution in [0.25, 0.3) is 10.9 Å². The summed E-state index contributed by atoms with van der Waals surface area (Å²) < 4.78 is 14.0. The quantitative estimate of drug-likeness (QED) is 0.705. The molecular formula is C10H6BrClFN. The third-order valence-electron chi connectivity index (χ3n) is 2.07. The number of benzene rings is 1. The summed E-state index contributed by atoms with van der Waals surface area (Å²) in [6, 6.07) is 3.12. The first-order valence-electron chi connectivity index (χ1n) is 4.00. The van der Waals surface area contributed by atoms with E-state index in [1.807, 2.05) is 6.92 Å². The predicted octanol–water partition coefficient (Wildman–Crippen LogP) is 4.10. The van der Waals surface area contributed by atoms with Gasteiger partial charge in [0.1, 0.15) is 11.3 Å². The molecule has 0 aliphatic carbocycles. The van der Waals surface area contributed by atoms with E-state index in [4.69, 9.17) is 11.6 Å². The number of pyridine rings is 1. The highest BCUT2D eigenvalue weighted by atomic mass is 79.9. The van der Waals surface area contributed by atoms with Crippen LogP contribution in [-0.2, 0) is 0 Å². The number of nitrogens with zero attached hydrogens (tertiary/aromatic N) is 1. The van der Waals surface area contributed by atoms with Crippen LogP contribution in [0.3, 0.4) is 0 Å². The maximum absolute atomic E-state index is 13.4. The minimum absolute atomic E-state index is 0.331. The molecule has 0 saturated carbocycles. The minimum atomic E-state index is -0.331. The van der Waals surface area contributed by atoms with Crippen molar-refractivity contribution in [1.82, 2.24) is 4.98 Å². The van der Waals surface area contributed by atoms with Crippen LogP contribution in [0.15, 0.2) is 22.8 Å². The van der Waals surface area contributed by atoms with Gasteiger partial charge in [-0.3, -0.25) is 4.98 Å². The number of rotatable bonds is 0. The third kappa shape index (κ3) is 1.41. The van der Waals surface area contributed by atoms with E-state index in [9.17, 15) is 4.39 Å². The molecule has 1 heterocycles. The van der Waals surface area contributed by atoms with Gasteiger partial charge >= 0.3 is 0 Å². The summed E-state index contributed by atoms with van der Waals surface area (Å²) >= 11 is 9.21. The molecule has 0 atom stereocenters. The van der Waals surface area contributed by atoms with Crippen LogP contribution in [0, 0.1) is 12.7 Å². The van der Waals surface area contributed by atoms with Crippen LogP contribution in [0.1, 0.15) is 5.56 Å². The second-order valence-electron chi connectivity index (χ2n) is 3.01. The van der Waals surface area contributed by atoms with Gasteiger partial charge in [-0.25, -0.2) is 4.39 Å². The zero-order valence-corrected chi connectivity index (χ0v) is 9.66. The van der Waals surface area contributed by atoms with Gasteiger partial charge < -0.3 is 0 Å². The van der Waals surface area contributed by atoms with E-state index in [0.29, 0.717) is 15.0 Å². The normalized spacial score (nSPS) is 10.9. The topological polar surface area (TPSA) is 12.9 Å². The van der Waals surface area contributed by atoms with Gasteiger partial charge in [0.25, 0.3) is 0 Å². The van der Waals surface area contributed by atoms with Gasteiger partial charge in [-0.1, -0.05) is 17.7 Å². The highest BCUT2D eigenvalue weighted by molar-refractivity contribution is 9.10. The molecule has 0 spiro atoms. The lowest BCUT2D eigenvalue weighted by molar-refractivity contribution is 0.636. The Morgan fingerprint density at radius 2 is 2.14 bits per heavy atom. The molecule has 0 fully saturated rings. The van der Waals surface area contributed by atoms with Gasteiger partial charge in [-0.05, 0) is 34.5 Å². The van der Waals surface area contributed by atoms with E-state index in [1.54, 1.807) is 6.07 Å². The molecule has 0 radical (unpaired) electrons. The van der Waals surface area contributed by atoms with E-state index in [1.165, 1.54) is 12.3 Å². The molecular weight excluding hydrogens is 268 g/mol. The summed E-state index contributed by atoms with van der Waals surface area (Å²) in [5.74, 6) is -0.331. The number of halogens is 3. The summed E-state index contributed by atoms with van der Waals surface area (Å²) in [5.41, 5.74) is 1.30. The second kappa shape index (κ2) is 3.48. The van der Waals surface area contributed by atoms with Gasteiger partial charge in [0, 0.05) is 16.1 Å². The van der Waals surface area contributed by atoms with Crippen molar-refractivity contribution in [3.05, 3.63) is 39.2 Å². The molecule has 1 aromatic carbocycles. The molecule has 0 aliphatic heterocycles. The Morgan fingerprint density at radius 3 is 2.86 bits per heavy atom. The summed E-state index contributed by atoms with van der Waals surface area (Å²) in [4.78, 5) is 3.96. The molecule has 1 nitrogen and oxygen atoms in total. The van der Waals surface area contributed by atoms with Gasteiger partial charge in [0.15, 0.2) is 0 Å². The lowest BCUT2D eigenvalue weighted by atomic mass is 10.1. The Kier molecular flexibility index (Phi) is 2.45. The molecule has 2 aromatic rings. The fourth-order valence-corrected chi connectivity index (χ4v) is 2.11. The lowest BCUT2D eigenvalue weighted by Gasteiger charge is -2.05. The summed E-state index contributed by atoms with van der Waals surface area (Å²) in [7, 11) is 0. The van der Waals surface area contributed by atoms with Crippen LogP contribution < -0.4 is 0 Å². The Bertz CT molecular complexity index is 513. The van der Waals surface area contributed by atoms with Crippen LogP contribution in [0.4, 0.5) is 4.39 Å². The first kappa shape index (κ1) is 9.87. The number of fused-ring (bicyclic) bond motifs is 1. The fraction of sp³-hybridized carbons (Fsp3) is 0.100. The summed E-state index contributed by atoms with van der Waals surface area (Å²) in [6.45, 7) is 1.89. The Morgan fingerprint density at radius 1 is 1.43 bits per heavy atom. The second-order valence-corrected chi connectivity index (χ2v) is 4.21. The van der Waals surface area contributed by atoms with Crippen molar-refractivity contribution in [3.8, 4) is 0 Å². The first-order valence-corrected chi connectivity index (χ1v) is 5.17.